The number of rotatable bonds is 4. The van der Waals surface area contributed by atoms with Crippen LogP contribution in [0.25, 0.3) is 0 Å². The predicted molar refractivity (Wildman–Crippen MR) is 80.2 cm³/mol. The summed E-state index contributed by atoms with van der Waals surface area (Å²) in [5.74, 6) is 0.732. The molecular formula is C18H24O2. The Balaban J connectivity index is 1.63. The van der Waals surface area contributed by atoms with E-state index in [4.69, 9.17) is 0 Å². The summed E-state index contributed by atoms with van der Waals surface area (Å²) in [6.07, 6.45) is 14.8. The molecule has 0 aromatic rings. The van der Waals surface area contributed by atoms with Crippen LogP contribution in [0.4, 0.5) is 0 Å². The zero-order valence-electron chi connectivity index (χ0n) is 12.4. The monoisotopic (exact) mass is 272 g/mol. The van der Waals surface area contributed by atoms with E-state index in [-0.39, 0.29) is 11.8 Å². The van der Waals surface area contributed by atoms with Crippen molar-refractivity contribution in [1.29, 1.82) is 0 Å². The molecule has 2 bridgehead atoms. The van der Waals surface area contributed by atoms with Crippen LogP contribution in [0.5, 0.6) is 0 Å². The van der Waals surface area contributed by atoms with Crippen LogP contribution >= 0.6 is 0 Å². The lowest BCUT2D eigenvalue weighted by Gasteiger charge is -2.56. The van der Waals surface area contributed by atoms with Crippen molar-refractivity contribution in [3.05, 3.63) is 36.0 Å². The Hall–Kier alpha value is -1.31. The molecule has 0 aromatic carbocycles. The summed E-state index contributed by atoms with van der Waals surface area (Å²) < 4.78 is 0. The van der Waals surface area contributed by atoms with Crippen LogP contribution in [0.1, 0.15) is 39.5 Å². The molecule has 4 aliphatic rings. The van der Waals surface area contributed by atoms with Crippen LogP contribution in [0.15, 0.2) is 36.0 Å². The summed E-state index contributed by atoms with van der Waals surface area (Å²) in [6, 6.07) is 0. The number of allylic oxidation sites excluding steroid dienone is 5. The fourth-order valence-corrected chi connectivity index (χ4v) is 4.29. The highest BCUT2D eigenvalue weighted by atomic mass is 16.4. The molecule has 108 valence electrons. The zero-order chi connectivity index (χ0) is 14.3. The second-order valence-corrected chi connectivity index (χ2v) is 7.16. The van der Waals surface area contributed by atoms with Gasteiger partial charge in [-0.3, -0.25) is 4.79 Å². The summed E-state index contributed by atoms with van der Waals surface area (Å²) in [6.45, 7) is 4.78. The molecule has 1 fully saturated rings. The lowest BCUT2D eigenvalue weighted by atomic mass is 9.48. The summed E-state index contributed by atoms with van der Waals surface area (Å²) in [7, 11) is 0. The second kappa shape index (κ2) is 4.91. The lowest BCUT2D eigenvalue weighted by Crippen LogP contribution is -2.48. The van der Waals surface area contributed by atoms with Crippen LogP contribution in [-0.4, -0.2) is 11.1 Å². The van der Waals surface area contributed by atoms with Gasteiger partial charge in [-0.2, -0.15) is 0 Å². The molecule has 4 rings (SSSR count). The molecule has 2 unspecified atom stereocenters. The fraction of sp³-hybridized carbons (Fsp3) is 0.611. The zero-order valence-corrected chi connectivity index (χ0v) is 12.4. The highest BCUT2D eigenvalue weighted by Crippen LogP contribution is 2.60. The molecule has 20 heavy (non-hydrogen) atoms. The molecule has 0 radical (unpaired) electrons. The maximum Gasteiger partial charge on any atom is 0.310 e. The Morgan fingerprint density at radius 2 is 2.10 bits per heavy atom. The van der Waals surface area contributed by atoms with Crippen molar-refractivity contribution in [2.45, 2.75) is 39.5 Å². The van der Waals surface area contributed by atoms with E-state index in [0.717, 1.165) is 24.7 Å². The van der Waals surface area contributed by atoms with Crippen molar-refractivity contribution in [1.82, 2.24) is 0 Å². The van der Waals surface area contributed by atoms with E-state index in [9.17, 15) is 9.90 Å². The molecule has 2 heteroatoms. The van der Waals surface area contributed by atoms with Gasteiger partial charge < -0.3 is 5.11 Å². The van der Waals surface area contributed by atoms with Gasteiger partial charge in [-0.05, 0) is 48.9 Å². The summed E-state index contributed by atoms with van der Waals surface area (Å²) in [5, 5.41) is 9.29. The molecule has 4 atom stereocenters. The Kier molecular flexibility index (Phi) is 3.35. The van der Waals surface area contributed by atoms with Crippen molar-refractivity contribution >= 4 is 5.97 Å². The third kappa shape index (κ3) is 2.15. The third-order valence-electron chi connectivity index (χ3n) is 5.88. The van der Waals surface area contributed by atoms with Crippen LogP contribution in [-0.2, 0) is 4.79 Å². The standard InChI is InChI=1S/C18H24O2/c1-18(2)14-10-9-13(16(18)11-14)8-7-12-5-3-4-6-15(12)17(19)20/h3-6,9,12,14-16H,7-8,10-11H2,1-2H3,(H,19,20)/t12?,14-,15?,16-/m0/s1. The van der Waals surface area contributed by atoms with Gasteiger partial charge in [0.15, 0.2) is 0 Å². The number of carboxylic acids is 1. The van der Waals surface area contributed by atoms with Gasteiger partial charge in [0.05, 0.1) is 5.92 Å². The number of fused-ring (bicyclic) bond motifs is 1. The van der Waals surface area contributed by atoms with E-state index in [1.54, 1.807) is 5.57 Å². The first-order valence-electron chi connectivity index (χ1n) is 7.77. The van der Waals surface area contributed by atoms with E-state index in [2.05, 4.69) is 26.0 Å². The van der Waals surface area contributed by atoms with Gasteiger partial charge in [-0.15, -0.1) is 0 Å². The number of hydrogen-bond donors (Lipinski definition) is 1. The topological polar surface area (TPSA) is 37.3 Å². The van der Waals surface area contributed by atoms with Gasteiger partial charge >= 0.3 is 5.97 Å². The highest BCUT2D eigenvalue weighted by molar-refractivity contribution is 5.73. The number of aliphatic carboxylic acids is 1. The first kappa shape index (κ1) is 13.7. The molecule has 1 N–H and O–H groups in total. The van der Waals surface area contributed by atoms with Crippen LogP contribution in [0, 0.1) is 29.1 Å². The quantitative estimate of drug-likeness (QED) is 0.779. The molecular weight excluding hydrogens is 248 g/mol. The molecule has 0 heterocycles. The summed E-state index contributed by atoms with van der Waals surface area (Å²) >= 11 is 0. The van der Waals surface area contributed by atoms with E-state index in [1.807, 2.05) is 18.2 Å². The molecule has 0 aromatic heterocycles. The van der Waals surface area contributed by atoms with Crippen LogP contribution < -0.4 is 0 Å². The Bertz CT molecular complexity index is 496. The molecule has 2 nitrogen and oxygen atoms in total. The Morgan fingerprint density at radius 1 is 1.35 bits per heavy atom. The van der Waals surface area contributed by atoms with Crippen molar-refractivity contribution in [3.63, 3.8) is 0 Å². The van der Waals surface area contributed by atoms with E-state index in [0.29, 0.717) is 5.41 Å². The van der Waals surface area contributed by atoms with E-state index < -0.39 is 5.97 Å². The molecule has 0 amide bonds. The summed E-state index contributed by atoms with van der Waals surface area (Å²) in [5.41, 5.74) is 2.06. The van der Waals surface area contributed by atoms with Gasteiger partial charge in [0.1, 0.15) is 0 Å². The number of carbonyl (C=O) groups is 1. The average Bonchev–Trinajstić information content (AvgIpc) is 2.45. The Morgan fingerprint density at radius 3 is 2.75 bits per heavy atom. The molecule has 0 aliphatic heterocycles. The first-order chi connectivity index (χ1) is 9.50. The predicted octanol–water partition coefficient (Wildman–Crippen LogP) is 4.20. The van der Waals surface area contributed by atoms with Crippen LogP contribution in [0.2, 0.25) is 0 Å². The SMILES string of the molecule is CC1(C)[C@H]2CC=C(CCC3C=CC=CC3C(=O)O)[C@@H]1C2. The maximum absolute atomic E-state index is 11.3. The smallest absolute Gasteiger partial charge is 0.310 e. The largest absolute Gasteiger partial charge is 0.481 e. The lowest BCUT2D eigenvalue weighted by molar-refractivity contribution is -0.141. The minimum atomic E-state index is -0.697. The second-order valence-electron chi connectivity index (χ2n) is 7.16. The Labute approximate surface area is 121 Å². The van der Waals surface area contributed by atoms with Crippen molar-refractivity contribution in [2.24, 2.45) is 29.1 Å². The van der Waals surface area contributed by atoms with Crippen molar-refractivity contribution in [2.75, 3.05) is 0 Å². The minimum absolute atomic E-state index is 0.152. The fourth-order valence-electron chi connectivity index (χ4n) is 4.29. The third-order valence-corrected chi connectivity index (χ3v) is 5.88. The molecule has 0 saturated heterocycles. The number of hydrogen-bond acceptors (Lipinski definition) is 1. The molecule has 0 spiro atoms. The van der Waals surface area contributed by atoms with Crippen molar-refractivity contribution < 1.29 is 9.90 Å². The van der Waals surface area contributed by atoms with E-state index >= 15 is 0 Å². The van der Waals surface area contributed by atoms with E-state index in [1.165, 1.54) is 12.8 Å². The molecule has 4 aliphatic carbocycles. The minimum Gasteiger partial charge on any atom is -0.481 e. The van der Waals surface area contributed by atoms with Gasteiger partial charge in [-0.25, -0.2) is 0 Å². The number of carboxylic acid groups (broad SMARTS) is 1. The van der Waals surface area contributed by atoms with Crippen molar-refractivity contribution in [3.8, 4) is 0 Å². The summed E-state index contributed by atoms with van der Waals surface area (Å²) in [4.78, 5) is 11.3. The average molecular weight is 272 g/mol. The first-order valence-corrected chi connectivity index (χ1v) is 7.77. The highest BCUT2D eigenvalue weighted by Gasteiger charge is 2.50. The van der Waals surface area contributed by atoms with Gasteiger partial charge in [0.25, 0.3) is 0 Å². The van der Waals surface area contributed by atoms with Gasteiger partial charge in [-0.1, -0.05) is 49.8 Å². The van der Waals surface area contributed by atoms with Gasteiger partial charge in [0.2, 0.25) is 0 Å². The van der Waals surface area contributed by atoms with Gasteiger partial charge in [0, 0.05) is 0 Å². The normalized spacial score (nSPS) is 37.2. The van der Waals surface area contributed by atoms with Crippen LogP contribution in [0.3, 0.4) is 0 Å². The maximum atomic E-state index is 11.3. The molecule has 1 saturated carbocycles.